The van der Waals surface area contributed by atoms with Gasteiger partial charge in [-0.2, -0.15) is 5.10 Å². The minimum Gasteiger partial charge on any atom is -0.294 e. The molecular weight excluding hydrogens is 252 g/mol. The lowest BCUT2D eigenvalue weighted by Gasteiger charge is -2.24. The van der Waals surface area contributed by atoms with E-state index in [2.05, 4.69) is 21.0 Å². The van der Waals surface area contributed by atoms with Gasteiger partial charge in [0, 0.05) is 37.2 Å². The molecule has 0 aliphatic carbocycles. The molecule has 2 aromatic rings. The Labute approximate surface area is 117 Å². The van der Waals surface area contributed by atoms with Gasteiger partial charge in [-0.25, -0.2) is 4.68 Å². The summed E-state index contributed by atoms with van der Waals surface area (Å²) < 4.78 is 1.56. The van der Waals surface area contributed by atoms with Gasteiger partial charge in [0.15, 0.2) is 0 Å². The molecule has 0 amide bonds. The summed E-state index contributed by atoms with van der Waals surface area (Å²) in [5.41, 5.74) is 1.19. The van der Waals surface area contributed by atoms with Crippen LogP contribution in [0, 0.1) is 0 Å². The van der Waals surface area contributed by atoms with E-state index < -0.39 is 0 Å². The van der Waals surface area contributed by atoms with Gasteiger partial charge < -0.3 is 0 Å². The average Bonchev–Trinajstić information content (AvgIpc) is 2.90. The Morgan fingerprint density at radius 2 is 2.15 bits per heavy atom. The van der Waals surface area contributed by atoms with Crippen LogP contribution in [0.3, 0.4) is 0 Å². The molecule has 1 aliphatic heterocycles. The summed E-state index contributed by atoms with van der Waals surface area (Å²) >= 11 is 0. The Hall–Kier alpha value is -2.01. The molecule has 0 saturated carbocycles. The SMILES string of the molecule is O=c1cccnn1CC1CCCN1Cc1cccnc1. The molecule has 0 aromatic carbocycles. The third-order valence-corrected chi connectivity index (χ3v) is 3.78. The Kier molecular flexibility index (Phi) is 3.87. The maximum atomic E-state index is 11.7. The standard InChI is InChI=1S/C15H18N4O/c20-15-6-2-8-17-19(15)12-14-5-3-9-18(14)11-13-4-1-7-16-10-13/h1-2,4,6-8,10,14H,3,5,9,11-12H2. The van der Waals surface area contributed by atoms with Crippen LogP contribution in [0.25, 0.3) is 0 Å². The Morgan fingerprint density at radius 3 is 2.95 bits per heavy atom. The predicted molar refractivity (Wildman–Crippen MR) is 76.2 cm³/mol. The molecule has 20 heavy (non-hydrogen) atoms. The van der Waals surface area contributed by atoms with Crippen LogP contribution in [0.2, 0.25) is 0 Å². The zero-order valence-corrected chi connectivity index (χ0v) is 11.4. The lowest BCUT2D eigenvalue weighted by Crippen LogP contribution is -2.36. The molecule has 1 atom stereocenters. The van der Waals surface area contributed by atoms with Crippen LogP contribution in [0.15, 0.2) is 47.7 Å². The van der Waals surface area contributed by atoms with Gasteiger partial charge in [-0.1, -0.05) is 6.07 Å². The number of rotatable bonds is 4. The smallest absolute Gasteiger partial charge is 0.266 e. The van der Waals surface area contributed by atoms with Gasteiger partial charge in [-0.05, 0) is 37.1 Å². The van der Waals surface area contributed by atoms with Gasteiger partial charge in [0.2, 0.25) is 0 Å². The highest BCUT2D eigenvalue weighted by molar-refractivity contribution is 5.08. The van der Waals surface area contributed by atoms with Crippen molar-refractivity contribution in [3.63, 3.8) is 0 Å². The van der Waals surface area contributed by atoms with E-state index in [1.807, 2.05) is 12.3 Å². The third kappa shape index (κ3) is 2.93. The lowest BCUT2D eigenvalue weighted by atomic mass is 10.2. The van der Waals surface area contributed by atoms with Crippen molar-refractivity contribution in [2.75, 3.05) is 6.54 Å². The van der Waals surface area contributed by atoms with Crippen molar-refractivity contribution in [3.8, 4) is 0 Å². The van der Waals surface area contributed by atoms with Gasteiger partial charge in [0.1, 0.15) is 0 Å². The topological polar surface area (TPSA) is 51.0 Å². The van der Waals surface area contributed by atoms with Gasteiger partial charge >= 0.3 is 0 Å². The van der Waals surface area contributed by atoms with Crippen molar-refractivity contribution in [1.82, 2.24) is 19.7 Å². The van der Waals surface area contributed by atoms with Crippen LogP contribution in [0.1, 0.15) is 18.4 Å². The molecule has 0 radical (unpaired) electrons. The molecule has 1 aliphatic rings. The van der Waals surface area contributed by atoms with E-state index in [1.165, 1.54) is 12.0 Å². The van der Waals surface area contributed by atoms with Gasteiger partial charge in [-0.3, -0.25) is 14.7 Å². The van der Waals surface area contributed by atoms with Crippen molar-refractivity contribution in [1.29, 1.82) is 0 Å². The fraction of sp³-hybridized carbons (Fsp3) is 0.400. The highest BCUT2D eigenvalue weighted by Crippen LogP contribution is 2.20. The largest absolute Gasteiger partial charge is 0.294 e. The second-order valence-electron chi connectivity index (χ2n) is 5.17. The first-order valence-corrected chi connectivity index (χ1v) is 6.98. The molecule has 3 heterocycles. The Balaban J connectivity index is 1.70. The molecule has 0 spiro atoms. The van der Waals surface area contributed by atoms with Crippen LogP contribution in [0.4, 0.5) is 0 Å². The zero-order chi connectivity index (χ0) is 13.8. The number of nitrogens with zero attached hydrogens (tertiary/aromatic N) is 4. The second kappa shape index (κ2) is 5.96. The molecule has 0 bridgehead atoms. The number of pyridine rings is 1. The van der Waals surface area contributed by atoms with Crippen LogP contribution < -0.4 is 5.56 Å². The molecule has 2 aromatic heterocycles. The Morgan fingerprint density at radius 1 is 1.25 bits per heavy atom. The van der Waals surface area contributed by atoms with Crippen molar-refractivity contribution in [2.45, 2.75) is 32.0 Å². The van der Waals surface area contributed by atoms with Gasteiger partial charge in [-0.15, -0.1) is 0 Å². The van der Waals surface area contributed by atoms with Crippen molar-refractivity contribution >= 4 is 0 Å². The molecule has 104 valence electrons. The van der Waals surface area contributed by atoms with E-state index >= 15 is 0 Å². The number of hydrogen-bond donors (Lipinski definition) is 0. The van der Waals surface area contributed by atoms with E-state index in [9.17, 15) is 4.79 Å². The second-order valence-corrected chi connectivity index (χ2v) is 5.17. The molecule has 1 fully saturated rings. The maximum Gasteiger partial charge on any atom is 0.266 e. The summed E-state index contributed by atoms with van der Waals surface area (Å²) in [6.07, 6.45) is 7.65. The van der Waals surface area contributed by atoms with Gasteiger partial charge in [0.05, 0.1) is 6.54 Å². The molecule has 5 heteroatoms. The number of aromatic nitrogens is 3. The number of likely N-dealkylation sites (tertiary alicyclic amines) is 1. The fourth-order valence-corrected chi connectivity index (χ4v) is 2.76. The summed E-state index contributed by atoms with van der Waals surface area (Å²) in [5.74, 6) is 0. The first-order chi connectivity index (χ1) is 9.83. The highest BCUT2D eigenvalue weighted by Gasteiger charge is 2.25. The average molecular weight is 270 g/mol. The summed E-state index contributed by atoms with van der Waals surface area (Å²) in [7, 11) is 0. The van der Waals surface area contributed by atoms with E-state index in [1.54, 1.807) is 29.2 Å². The van der Waals surface area contributed by atoms with E-state index in [0.717, 1.165) is 19.5 Å². The van der Waals surface area contributed by atoms with E-state index in [4.69, 9.17) is 0 Å². The minimum atomic E-state index is -0.0271. The Bertz CT molecular complexity index is 611. The minimum absolute atomic E-state index is 0.0271. The zero-order valence-electron chi connectivity index (χ0n) is 11.4. The van der Waals surface area contributed by atoms with E-state index in [0.29, 0.717) is 12.6 Å². The van der Waals surface area contributed by atoms with Crippen LogP contribution in [-0.4, -0.2) is 32.3 Å². The molecule has 1 unspecified atom stereocenters. The summed E-state index contributed by atoms with van der Waals surface area (Å²) in [4.78, 5) is 18.3. The van der Waals surface area contributed by atoms with E-state index in [-0.39, 0.29) is 5.56 Å². The fourth-order valence-electron chi connectivity index (χ4n) is 2.76. The van der Waals surface area contributed by atoms with Crippen molar-refractivity contribution < 1.29 is 0 Å². The van der Waals surface area contributed by atoms with Crippen molar-refractivity contribution in [3.05, 3.63) is 58.8 Å². The monoisotopic (exact) mass is 270 g/mol. The number of hydrogen-bond acceptors (Lipinski definition) is 4. The molecular formula is C15H18N4O. The van der Waals surface area contributed by atoms with Crippen molar-refractivity contribution in [2.24, 2.45) is 0 Å². The van der Waals surface area contributed by atoms with Crippen LogP contribution in [-0.2, 0) is 13.1 Å². The first-order valence-electron chi connectivity index (χ1n) is 6.98. The highest BCUT2D eigenvalue weighted by atomic mass is 16.1. The first kappa shape index (κ1) is 13.0. The lowest BCUT2D eigenvalue weighted by molar-refractivity contribution is 0.216. The third-order valence-electron chi connectivity index (χ3n) is 3.78. The molecule has 1 saturated heterocycles. The molecule has 5 nitrogen and oxygen atoms in total. The summed E-state index contributed by atoms with van der Waals surface area (Å²) in [5, 5.41) is 4.15. The van der Waals surface area contributed by atoms with Gasteiger partial charge in [0.25, 0.3) is 5.56 Å². The molecule has 0 N–H and O–H groups in total. The van der Waals surface area contributed by atoms with Crippen LogP contribution in [0.5, 0.6) is 0 Å². The summed E-state index contributed by atoms with van der Waals surface area (Å²) in [6.45, 7) is 2.63. The summed E-state index contributed by atoms with van der Waals surface area (Å²) in [6, 6.07) is 7.68. The van der Waals surface area contributed by atoms with Crippen LogP contribution >= 0.6 is 0 Å². The normalized spacial score (nSPS) is 19.3. The maximum absolute atomic E-state index is 11.7. The molecule has 3 rings (SSSR count). The predicted octanol–water partition coefficient (Wildman–Crippen LogP) is 1.30. The quantitative estimate of drug-likeness (QED) is 0.840.